The average molecular weight is 408 g/mol. The first-order valence-electron chi connectivity index (χ1n) is 8.45. The van der Waals surface area contributed by atoms with Crippen molar-refractivity contribution in [2.24, 2.45) is 0 Å². The van der Waals surface area contributed by atoms with Crippen molar-refractivity contribution in [3.05, 3.63) is 65.5 Å². The molecule has 0 unspecified atom stereocenters. The molecule has 9 heteroatoms. The minimum atomic E-state index is -3.58. The molecule has 0 aliphatic carbocycles. The summed E-state index contributed by atoms with van der Waals surface area (Å²) < 4.78 is 43.1. The first-order chi connectivity index (χ1) is 13.2. The highest BCUT2D eigenvalue weighted by atomic mass is 32.2. The summed E-state index contributed by atoms with van der Waals surface area (Å²) in [5, 5.41) is 2.63. The van der Waals surface area contributed by atoms with E-state index in [1.165, 1.54) is 31.2 Å². The maximum Gasteiger partial charge on any atom is 0.341 e. The number of sulfonamides is 1. The molecule has 2 rings (SSSR count). The Labute approximate surface area is 163 Å². The van der Waals surface area contributed by atoms with E-state index < -0.39 is 28.0 Å². The zero-order valence-electron chi connectivity index (χ0n) is 15.4. The van der Waals surface area contributed by atoms with Crippen LogP contribution in [0.5, 0.6) is 0 Å². The van der Waals surface area contributed by atoms with Crippen LogP contribution in [0, 0.1) is 5.82 Å². The van der Waals surface area contributed by atoms with Crippen LogP contribution in [0.15, 0.2) is 48.5 Å². The number of benzene rings is 2. The SMILES string of the molecule is C[C@@H](OC(=O)c1ccccc1NS(C)(=O)=O)C(=O)NCCc1ccc(F)cc1. The summed E-state index contributed by atoms with van der Waals surface area (Å²) in [7, 11) is -3.58. The molecule has 0 spiro atoms. The smallest absolute Gasteiger partial charge is 0.341 e. The van der Waals surface area contributed by atoms with Gasteiger partial charge in [0.25, 0.3) is 5.91 Å². The fourth-order valence-corrected chi connectivity index (χ4v) is 2.93. The van der Waals surface area contributed by atoms with Gasteiger partial charge in [0.1, 0.15) is 5.82 Å². The van der Waals surface area contributed by atoms with Gasteiger partial charge >= 0.3 is 5.97 Å². The van der Waals surface area contributed by atoms with Crippen LogP contribution in [0.4, 0.5) is 10.1 Å². The fourth-order valence-electron chi connectivity index (χ4n) is 2.35. The monoisotopic (exact) mass is 408 g/mol. The quantitative estimate of drug-likeness (QED) is 0.652. The van der Waals surface area contributed by atoms with Crippen molar-refractivity contribution < 1.29 is 27.1 Å². The molecule has 2 aromatic carbocycles. The van der Waals surface area contributed by atoms with Crippen molar-refractivity contribution in [3.8, 4) is 0 Å². The summed E-state index contributed by atoms with van der Waals surface area (Å²) in [4.78, 5) is 24.4. The highest BCUT2D eigenvalue weighted by Crippen LogP contribution is 2.18. The number of para-hydroxylation sites is 1. The normalized spacial score (nSPS) is 12.1. The minimum absolute atomic E-state index is 0.00103. The van der Waals surface area contributed by atoms with Crippen LogP contribution in [0.3, 0.4) is 0 Å². The molecule has 0 radical (unpaired) electrons. The predicted molar refractivity (Wildman–Crippen MR) is 103 cm³/mol. The van der Waals surface area contributed by atoms with Gasteiger partial charge in [0.05, 0.1) is 17.5 Å². The van der Waals surface area contributed by atoms with E-state index in [2.05, 4.69) is 10.0 Å². The van der Waals surface area contributed by atoms with Crippen molar-refractivity contribution in [1.82, 2.24) is 5.32 Å². The molecule has 0 aromatic heterocycles. The Morgan fingerprint density at radius 3 is 2.39 bits per heavy atom. The summed E-state index contributed by atoms with van der Waals surface area (Å²) >= 11 is 0. The van der Waals surface area contributed by atoms with Gasteiger partial charge in [-0.1, -0.05) is 24.3 Å². The van der Waals surface area contributed by atoms with Gasteiger partial charge in [0.15, 0.2) is 6.10 Å². The molecule has 2 N–H and O–H groups in total. The van der Waals surface area contributed by atoms with Crippen LogP contribution >= 0.6 is 0 Å². The number of carbonyl (C=O) groups excluding carboxylic acids is 2. The van der Waals surface area contributed by atoms with Crippen LogP contribution in [0.1, 0.15) is 22.8 Å². The van der Waals surface area contributed by atoms with Crippen LogP contribution in [0.25, 0.3) is 0 Å². The van der Waals surface area contributed by atoms with Gasteiger partial charge in [-0.2, -0.15) is 0 Å². The number of rotatable bonds is 8. The number of anilines is 1. The lowest BCUT2D eigenvalue weighted by Gasteiger charge is -2.15. The number of ether oxygens (including phenoxy) is 1. The van der Waals surface area contributed by atoms with Crippen molar-refractivity contribution >= 4 is 27.6 Å². The molecular weight excluding hydrogens is 387 g/mol. The molecule has 0 bridgehead atoms. The summed E-state index contributed by atoms with van der Waals surface area (Å²) in [5.74, 6) is -1.66. The zero-order valence-corrected chi connectivity index (χ0v) is 16.3. The zero-order chi connectivity index (χ0) is 20.7. The van der Waals surface area contributed by atoms with E-state index in [1.54, 1.807) is 24.3 Å². The fraction of sp³-hybridized carbons (Fsp3) is 0.263. The van der Waals surface area contributed by atoms with Gasteiger partial charge in [0.2, 0.25) is 10.0 Å². The van der Waals surface area contributed by atoms with Crippen LogP contribution in [0.2, 0.25) is 0 Å². The summed E-state index contributed by atoms with van der Waals surface area (Å²) in [6.07, 6.45) is 0.382. The van der Waals surface area contributed by atoms with E-state index >= 15 is 0 Å². The number of esters is 1. The average Bonchev–Trinajstić information content (AvgIpc) is 2.62. The van der Waals surface area contributed by atoms with E-state index in [4.69, 9.17) is 4.74 Å². The Kier molecular flexibility index (Phi) is 7.11. The van der Waals surface area contributed by atoms with Crippen molar-refractivity contribution in [2.75, 3.05) is 17.5 Å². The number of carbonyl (C=O) groups is 2. The summed E-state index contributed by atoms with van der Waals surface area (Å²) in [5.41, 5.74) is 0.921. The molecular formula is C19H21FN2O5S. The van der Waals surface area contributed by atoms with E-state index in [9.17, 15) is 22.4 Å². The molecule has 1 amide bonds. The Balaban J connectivity index is 1.91. The third kappa shape index (κ3) is 6.66. The first kappa shape index (κ1) is 21.4. The molecule has 28 heavy (non-hydrogen) atoms. The van der Waals surface area contributed by atoms with Crippen LogP contribution < -0.4 is 10.0 Å². The number of halogens is 1. The van der Waals surface area contributed by atoms with Gasteiger partial charge in [0, 0.05) is 6.54 Å². The van der Waals surface area contributed by atoms with Gasteiger partial charge in [-0.25, -0.2) is 17.6 Å². The summed E-state index contributed by atoms with van der Waals surface area (Å²) in [6, 6.07) is 11.9. The molecule has 0 aliphatic rings. The molecule has 0 aliphatic heterocycles. The van der Waals surface area contributed by atoms with Crippen molar-refractivity contribution in [2.45, 2.75) is 19.4 Å². The van der Waals surface area contributed by atoms with Crippen molar-refractivity contribution in [1.29, 1.82) is 0 Å². The maximum atomic E-state index is 12.9. The van der Waals surface area contributed by atoms with E-state index in [-0.39, 0.29) is 17.1 Å². The van der Waals surface area contributed by atoms with Gasteiger partial charge in [-0.3, -0.25) is 9.52 Å². The molecule has 1 atom stereocenters. The number of hydrogen-bond donors (Lipinski definition) is 2. The number of hydrogen-bond acceptors (Lipinski definition) is 5. The first-order valence-corrected chi connectivity index (χ1v) is 10.3. The Bertz CT molecular complexity index is 945. The highest BCUT2D eigenvalue weighted by Gasteiger charge is 2.21. The molecule has 0 heterocycles. The van der Waals surface area contributed by atoms with Crippen molar-refractivity contribution in [3.63, 3.8) is 0 Å². The molecule has 0 saturated carbocycles. The Morgan fingerprint density at radius 2 is 1.75 bits per heavy atom. The molecule has 7 nitrogen and oxygen atoms in total. The number of amides is 1. The third-order valence-electron chi connectivity index (χ3n) is 3.72. The standard InChI is InChI=1S/C19H21FN2O5S/c1-13(18(23)21-12-11-14-7-9-15(20)10-8-14)27-19(24)16-5-3-4-6-17(16)22-28(2,25)26/h3-10,13,22H,11-12H2,1-2H3,(H,21,23)/t13-/m1/s1. The molecule has 150 valence electrons. The lowest BCUT2D eigenvalue weighted by molar-refractivity contribution is -0.129. The second-order valence-electron chi connectivity index (χ2n) is 6.13. The second-order valence-corrected chi connectivity index (χ2v) is 7.88. The largest absolute Gasteiger partial charge is 0.449 e. The molecule has 0 fully saturated rings. The topological polar surface area (TPSA) is 102 Å². The predicted octanol–water partition coefficient (Wildman–Crippen LogP) is 2.10. The van der Waals surface area contributed by atoms with Gasteiger partial charge in [-0.05, 0) is 43.2 Å². The molecule has 2 aromatic rings. The summed E-state index contributed by atoms with van der Waals surface area (Å²) in [6.45, 7) is 1.70. The van der Waals surface area contributed by atoms with Gasteiger partial charge in [-0.15, -0.1) is 0 Å². The van der Waals surface area contributed by atoms with Crippen LogP contribution in [-0.4, -0.2) is 39.2 Å². The maximum absolute atomic E-state index is 12.9. The second kappa shape index (κ2) is 9.32. The minimum Gasteiger partial charge on any atom is -0.449 e. The third-order valence-corrected chi connectivity index (χ3v) is 4.31. The lowest BCUT2D eigenvalue weighted by Crippen LogP contribution is -2.37. The van der Waals surface area contributed by atoms with Crippen LogP contribution in [-0.2, 0) is 26.0 Å². The van der Waals surface area contributed by atoms with E-state index in [0.717, 1.165) is 11.8 Å². The Morgan fingerprint density at radius 1 is 1.11 bits per heavy atom. The van der Waals surface area contributed by atoms with E-state index in [0.29, 0.717) is 13.0 Å². The Hall–Kier alpha value is -2.94. The number of nitrogens with one attached hydrogen (secondary N) is 2. The lowest BCUT2D eigenvalue weighted by atomic mass is 10.1. The highest BCUT2D eigenvalue weighted by molar-refractivity contribution is 7.92. The molecule has 0 saturated heterocycles. The van der Waals surface area contributed by atoms with E-state index in [1.807, 2.05) is 0 Å². The van der Waals surface area contributed by atoms with Gasteiger partial charge < -0.3 is 10.1 Å².